The van der Waals surface area contributed by atoms with E-state index in [9.17, 15) is 9.59 Å². The Morgan fingerprint density at radius 3 is 2.52 bits per heavy atom. The van der Waals surface area contributed by atoms with E-state index in [0.29, 0.717) is 17.9 Å². The molecule has 0 bridgehead atoms. The Kier molecular flexibility index (Phi) is 5.98. The number of para-hydroxylation sites is 1. The highest BCUT2D eigenvalue weighted by molar-refractivity contribution is 5.94. The fourth-order valence-electron chi connectivity index (χ4n) is 4.19. The number of aromatic nitrogens is 2. The van der Waals surface area contributed by atoms with Crippen LogP contribution in [0.2, 0.25) is 0 Å². The van der Waals surface area contributed by atoms with E-state index in [0.717, 1.165) is 18.5 Å². The van der Waals surface area contributed by atoms with Crippen molar-refractivity contribution in [2.45, 2.75) is 52.1 Å². The van der Waals surface area contributed by atoms with E-state index < -0.39 is 6.10 Å². The number of amides is 1. The Hall–Kier alpha value is -3.28. The van der Waals surface area contributed by atoms with Crippen molar-refractivity contribution in [2.75, 3.05) is 5.32 Å². The minimum Gasteiger partial charge on any atom is -0.481 e. The zero-order chi connectivity index (χ0) is 22.0. The number of benzene rings is 2. The number of fused-ring (bicyclic) bond motifs is 1. The second-order valence-corrected chi connectivity index (χ2v) is 8.08. The van der Waals surface area contributed by atoms with Gasteiger partial charge in [-0.05, 0) is 74.4 Å². The van der Waals surface area contributed by atoms with Crippen LogP contribution in [0.1, 0.15) is 43.0 Å². The summed E-state index contributed by atoms with van der Waals surface area (Å²) >= 11 is 0. The van der Waals surface area contributed by atoms with Gasteiger partial charge in [0.05, 0.1) is 11.4 Å². The van der Waals surface area contributed by atoms with Crippen LogP contribution in [0, 0.1) is 6.92 Å². The molecule has 4 rings (SSSR count). The van der Waals surface area contributed by atoms with Crippen molar-refractivity contribution in [1.29, 1.82) is 0 Å². The number of rotatable bonds is 6. The molecule has 0 saturated carbocycles. The standard InChI is InChI=1S/C25H29N3O3/c1-4-22(31-21-15-14-18-10-8-9-11-19(18)16-21)24(29)26-23-17(2)27(3)28(25(23)30)20-12-6-5-7-13-20/h5-7,12-16,22H,4,8-11H2,1-3H3,(H,26,29). The topological polar surface area (TPSA) is 65.3 Å². The van der Waals surface area contributed by atoms with Gasteiger partial charge in [-0.3, -0.25) is 14.3 Å². The Labute approximate surface area is 182 Å². The predicted octanol–water partition coefficient (Wildman–Crippen LogP) is 4.16. The Bertz CT molecular complexity index is 1140. The number of anilines is 1. The van der Waals surface area contributed by atoms with E-state index in [2.05, 4.69) is 17.4 Å². The molecule has 0 fully saturated rings. The molecule has 2 aromatic carbocycles. The van der Waals surface area contributed by atoms with Gasteiger partial charge in [0.25, 0.3) is 11.5 Å². The minimum atomic E-state index is -0.675. The quantitative estimate of drug-likeness (QED) is 0.653. The monoisotopic (exact) mass is 419 g/mol. The number of aryl methyl sites for hydroxylation is 2. The lowest BCUT2D eigenvalue weighted by Gasteiger charge is -2.20. The molecule has 6 heteroatoms. The predicted molar refractivity (Wildman–Crippen MR) is 122 cm³/mol. The Balaban J connectivity index is 1.55. The zero-order valence-corrected chi connectivity index (χ0v) is 18.4. The van der Waals surface area contributed by atoms with Crippen LogP contribution in [0.15, 0.2) is 53.3 Å². The Morgan fingerprint density at radius 2 is 1.81 bits per heavy atom. The summed E-state index contributed by atoms with van der Waals surface area (Å²) in [6, 6.07) is 15.5. The van der Waals surface area contributed by atoms with Crippen LogP contribution < -0.4 is 15.6 Å². The first-order valence-corrected chi connectivity index (χ1v) is 10.9. The summed E-state index contributed by atoms with van der Waals surface area (Å²) in [5.41, 5.74) is 4.13. The first kappa shape index (κ1) is 21.0. The van der Waals surface area contributed by atoms with Gasteiger partial charge in [0.2, 0.25) is 0 Å². The van der Waals surface area contributed by atoms with Crippen molar-refractivity contribution in [3.8, 4) is 11.4 Å². The van der Waals surface area contributed by atoms with Gasteiger partial charge in [0, 0.05) is 7.05 Å². The lowest BCUT2D eigenvalue weighted by molar-refractivity contribution is -0.122. The largest absolute Gasteiger partial charge is 0.481 e. The maximum absolute atomic E-state index is 13.1. The molecule has 31 heavy (non-hydrogen) atoms. The van der Waals surface area contributed by atoms with Gasteiger partial charge in [-0.15, -0.1) is 0 Å². The van der Waals surface area contributed by atoms with Crippen molar-refractivity contribution in [2.24, 2.45) is 7.05 Å². The molecule has 0 radical (unpaired) electrons. The molecule has 1 aromatic heterocycles. The summed E-state index contributed by atoms with van der Waals surface area (Å²) in [4.78, 5) is 26.1. The summed E-state index contributed by atoms with van der Waals surface area (Å²) in [6.45, 7) is 3.73. The molecule has 1 atom stereocenters. The number of ether oxygens (including phenoxy) is 1. The lowest BCUT2D eigenvalue weighted by Crippen LogP contribution is -2.34. The number of hydrogen-bond acceptors (Lipinski definition) is 3. The molecule has 0 spiro atoms. The molecule has 1 N–H and O–H groups in total. The molecule has 1 heterocycles. The van der Waals surface area contributed by atoms with Crippen LogP contribution in [-0.2, 0) is 24.7 Å². The van der Waals surface area contributed by atoms with Gasteiger partial charge in [-0.1, -0.05) is 31.2 Å². The van der Waals surface area contributed by atoms with Crippen molar-refractivity contribution in [3.05, 3.63) is 75.7 Å². The SMILES string of the molecule is CCC(Oc1ccc2c(c1)CCCC2)C(=O)Nc1c(C)n(C)n(-c2ccccc2)c1=O. The number of nitrogens with one attached hydrogen (secondary N) is 1. The van der Waals surface area contributed by atoms with E-state index >= 15 is 0 Å². The van der Waals surface area contributed by atoms with Crippen LogP contribution >= 0.6 is 0 Å². The number of carbonyl (C=O) groups is 1. The summed E-state index contributed by atoms with van der Waals surface area (Å²) in [5, 5.41) is 2.82. The zero-order valence-electron chi connectivity index (χ0n) is 18.4. The molecule has 3 aromatic rings. The van der Waals surface area contributed by atoms with Gasteiger partial charge < -0.3 is 10.1 Å². The first-order valence-electron chi connectivity index (χ1n) is 10.9. The summed E-state index contributed by atoms with van der Waals surface area (Å²) < 4.78 is 9.34. The van der Waals surface area contributed by atoms with Crippen LogP contribution in [-0.4, -0.2) is 21.4 Å². The molecule has 0 aliphatic heterocycles. The van der Waals surface area contributed by atoms with E-state index in [1.807, 2.05) is 50.2 Å². The van der Waals surface area contributed by atoms with Gasteiger partial charge in [0.15, 0.2) is 6.10 Å². The van der Waals surface area contributed by atoms with Gasteiger partial charge >= 0.3 is 0 Å². The highest BCUT2D eigenvalue weighted by Gasteiger charge is 2.24. The molecule has 1 unspecified atom stereocenters. The van der Waals surface area contributed by atoms with Crippen molar-refractivity contribution >= 4 is 11.6 Å². The first-order chi connectivity index (χ1) is 15.0. The molecule has 162 valence electrons. The molecular weight excluding hydrogens is 390 g/mol. The molecule has 1 amide bonds. The molecule has 0 saturated heterocycles. The van der Waals surface area contributed by atoms with E-state index in [1.165, 1.54) is 24.0 Å². The third kappa shape index (κ3) is 4.15. The second-order valence-electron chi connectivity index (χ2n) is 8.08. The third-order valence-corrected chi connectivity index (χ3v) is 6.06. The molecule has 1 aliphatic rings. The van der Waals surface area contributed by atoms with Crippen LogP contribution in [0.25, 0.3) is 5.69 Å². The highest BCUT2D eigenvalue weighted by atomic mass is 16.5. The van der Waals surface area contributed by atoms with E-state index in [1.54, 1.807) is 16.4 Å². The summed E-state index contributed by atoms with van der Waals surface area (Å²) in [7, 11) is 1.81. The van der Waals surface area contributed by atoms with Gasteiger partial charge in [-0.2, -0.15) is 0 Å². The number of nitrogens with zero attached hydrogens (tertiary/aromatic N) is 2. The van der Waals surface area contributed by atoms with Gasteiger partial charge in [0.1, 0.15) is 11.4 Å². The second kappa shape index (κ2) is 8.84. The molecule has 6 nitrogen and oxygen atoms in total. The number of hydrogen-bond donors (Lipinski definition) is 1. The van der Waals surface area contributed by atoms with Crippen LogP contribution in [0.3, 0.4) is 0 Å². The van der Waals surface area contributed by atoms with Crippen molar-refractivity contribution in [3.63, 3.8) is 0 Å². The summed E-state index contributed by atoms with van der Waals surface area (Å²) in [6.07, 6.45) is 4.40. The van der Waals surface area contributed by atoms with Crippen LogP contribution in [0.5, 0.6) is 5.75 Å². The third-order valence-electron chi connectivity index (χ3n) is 6.06. The summed E-state index contributed by atoms with van der Waals surface area (Å²) in [5.74, 6) is 0.389. The average molecular weight is 420 g/mol. The maximum atomic E-state index is 13.1. The smallest absolute Gasteiger partial charge is 0.295 e. The van der Waals surface area contributed by atoms with Crippen molar-refractivity contribution < 1.29 is 9.53 Å². The fourth-order valence-corrected chi connectivity index (χ4v) is 4.19. The maximum Gasteiger partial charge on any atom is 0.295 e. The normalized spacial score (nSPS) is 14.0. The number of carbonyl (C=O) groups excluding carboxylic acids is 1. The lowest BCUT2D eigenvalue weighted by atomic mass is 9.92. The molecule has 1 aliphatic carbocycles. The minimum absolute atomic E-state index is 0.261. The average Bonchev–Trinajstić information content (AvgIpc) is 3.00. The van der Waals surface area contributed by atoms with E-state index in [4.69, 9.17) is 4.74 Å². The highest BCUT2D eigenvalue weighted by Crippen LogP contribution is 2.26. The van der Waals surface area contributed by atoms with Crippen molar-refractivity contribution in [1.82, 2.24) is 9.36 Å². The van der Waals surface area contributed by atoms with E-state index in [-0.39, 0.29) is 17.2 Å². The van der Waals surface area contributed by atoms with Gasteiger partial charge in [-0.25, -0.2) is 4.68 Å². The molecular formula is C25H29N3O3. The van der Waals surface area contributed by atoms with Crippen LogP contribution in [0.4, 0.5) is 5.69 Å². The fraction of sp³-hybridized carbons (Fsp3) is 0.360. The Morgan fingerprint density at radius 1 is 1.10 bits per heavy atom.